The Hall–Kier alpha value is -0.610. The van der Waals surface area contributed by atoms with Gasteiger partial charge in [0.15, 0.2) is 0 Å². The zero-order chi connectivity index (χ0) is 12.3. The summed E-state index contributed by atoms with van der Waals surface area (Å²) >= 11 is 3.48. The van der Waals surface area contributed by atoms with Gasteiger partial charge in [-0.05, 0) is 60.7 Å². The minimum absolute atomic E-state index is 0.289. The van der Waals surface area contributed by atoms with E-state index in [0.29, 0.717) is 6.04 Å². The van der Waals surface area contributed by atoms with Gasteiger partial charge in [-0.15, -0.1) is 0 Å². The lowest BCUT2D eigenvalue weighted by Gasteiger charge is -2.26. The molecule has 1 aromatic heterocycles. The van der Waals surface area contributed by atoms with Crippen LogP contribution < -0.4 is 4.90 Å². The molecule has 1 N–H and O–H groups in total. The maximum absolute atomic E-state index is 8.92. The Bertz CT molecular complexity index is 384. The Balaban J connectivity index is 2.11. The highest BCUT2D eigenvalue weighted by Crippen LogP contribution is 2.28. The predicted octanol–water partition coefficient (Wildman–Crippen LogP) is 2.89. The Kier molecular flexibility index (Phi) is 4.40. The molecule has 1 aromatic rings. The lowest BCUT2D eigenvalue weighted by atomic mass is 10.1. The Morgan fingerprint density at radius 1 is 1.53 bits per heavy atom. The molecule has 17 heavy (non-hydrogen) atoms. The highest BCUT2D eigenvalue weighted by Gasteiger charge is 2.25. The van der Waals surface area contributed by atoms with Crippen LogP contribution in [0.25, 0.3) is 0 Å². The highest BCUT2D eigenvalue weighted by molar-refractivity contribution is 9.10. The van der Waals surface area contributed by atoms with Gasteiger partial charge in [0.2, 0.25) is 0 Å². The van der Waals surface area contributed by atoms with E-state index in [1.165, 1.54) is 12.8 Å². The molecule has 0 radical (unpaired) electrons. The van der Waals surface area contributed by atoms with Crippen LogP contribution in [0.1, 0.15) is 31.4 Å². The molecule has 0 amide bonds. The second-order valence-corrected chi connectivity index (χ2v) is 5.45. The molecule has 94 valence electrons. The molecule has 2 rings (SSSR count). The van der Waals surface area contributed by atoms with E-state index in [1.54, 1.807) is 0 Å². The third-order valence-electron chi connectivity index (χ3n) is 3.37. The van der Waals surface area contributed by atoms with Gasteiger partial charge in [0.1, 0.15) is 5.82 Å². The molecule has 1 aliphatic heterocycles. The zero-order valence-electron chi connectivity index (χ0n) is 10.2. The topological polar surface area (TPSA) is 36.4 Å². The molecule has 1 fully saturated rings. The number of aryl methyl sites for hydroxylation is 1. The van der Waals surface area contributed by atoms with E-state index < -0.39 is 0 Å². The van der Waals surface area contributed by atoms with Crippen molar-refractivity contribution in [2.75, 3.05) is 18.1 Å². The molecule has 0 spiro atoms. The summed E-state index contributed by atoms with van der Waals surface area (Å²) in [6.07, 6.45) is 4.40. The van der Waals surface area contributed by atoms with E-state index in [4.69, 9.17) is 5.11 Å². The van der Waals surface area contributed by atoms with Gasteiger partial charge in [-0.1, -0.05) is 0 Å². The first-order valence-electron chi connectivity index (χ1n) is 6.23. The van der Waals surface area contributed by atoms with E-state index in [1.807, 2.05) is 6.92 Å². The van der Waals surface area contributed by atoms with Crippen LogP contribution in [0.2, 0.25) is 0 Å². The van der Waals surface area contributed by atoms with Crippen molar-refractivity contribution in [2.24, 2.45) is 0 Å². The largest absolute Gasteiger partial charge is 0.396 e. The maximum Gasteiger partial charge on any atom is 0.129 e. The lowest BCUT2D eigenvalue weighted by Crippen LogP contribution is -2.30. The van der Waals surface area contributed by atoms with Gasteiger partial charge in [-0.25, -0.2) is 4.98 Å². The first kappa shape index (κ1) is 12.8. The molecule has 2 heterocycles. The van der Waals surface area contributed by atoms with Crippen molar-refractivity contribution < 1.29 is 5.11 Å². The maximum atomic E-state index is 8.92. The van der Waals surface area contributed by atoms with Crippen LogP contribution in [0.5, 0.6) is 0 Å². The summed E-state index contributed by atoms with van der Waals surface area (Å²) in [7, 11) is 0. The Morgan fingerprint density at radius 2 is 2.35 bits per heavy atom. The second kappa shape index (κ2) is 5.83. The minimum Gasteiger partial charge on any atom is -0.396 e. The SMILES string of the molecule is Cc1nc(N2CCCC2CCCO)ccc1Br. The third-order valence-corrected chi connectivity index (χ3v) is 4.21. The van der Waals surface area contributed by atoms with E-state index in [2.05, 4.69) is 37.9 Å². The third kappa shape index (κ3) is 2.99. The number of aliphatic hydroxyl groups excluding tert-OH is 1. The molecule has 0 aromatic carbocycles. The van der Waals surface area contributed by atoms with Crippen LogP contribution in [0, 0.1) is 6.92 Å². The predicted molar refractivity (Wildman–Crippen MR) is 73.4 cm³/mol. The van der Waals surface area contributed by atoms with Crippen molar-refractivity contribution in [1.29, 1.82) is 0 Å². The number of nitrogens with zero attached hydrogens (tertiary/aromatic N) is 2. The quantitative estimate of drug-likeness (QED) is 0.928. The van der Waals surface area contributed by atoms with Crippen molar-refractivity contribution >= 4 is 21.7 Å². The van der Waals surface area contributed by atoms with Gasteiger partial charge in [0.25, 0.3) is 0 Å². The zero-order valence-corrected chi connectivity index (χ0v) is 11.8. The van der Waals surface area contributed by atoms with Gasteiger partial charge >= 0.3 is 0 Å². The van der Waals surface area contributed by atoms with Crippen molar-refractivity contribution in [1.82, 2.24) is 4.98 Å². The summed E-state index contributed by atoms with van der Waals surface area (Å²) < 4.78 is 1.06. The summed E-state index contributed by atoms with van der Waals surface area (Å²) in [4.78, 5) is 7.01. The number of hydrogen-bond acceptors (Lipinski definition) is 3. The monoisotopic (exact) mass is 298 g/mol. The van der Waals surface area contributed by atoms with Crippen LogP contribution in [-0.4, -0.2) is 29.3 Å². The van der Waals surface area contributed by atoms with Crippen LogP contribution in [0.15, 0.2) is 16.6 Å². The van der Waals surface area contributed by atoms with Crippen molar-refractivity contribution in [3.05, 3.63) is 22.3 Å². The molecule has 0 bridgehead atoms. The lowest BCUT2D eigenvalue weighted by molar-refractivity contribution is 0.279. The number of aliphatic hydroxyl groups is 1. The number of rotatable bonds is 4. The fraction of sp³-hybridized carbons (Fsp3) is 0.615. The minimum atomic E-state index is 0.289. The molecule has 0 aliphatic carbocycles. The Morgan fingerprint density at radius 3 is 3.06 bits per heavy atom. The average Bonchev–Trinajstić information content (AvgIpc) is 2.78. The summed E-state index contributed by atoms with van der Waals surface area (Å²) in [6.45, 7) is 3.40. The number of anilines is 1. The van der Waals surface area contributed by atoms with Gasteiger partial charge < -0.3 is 10.0 Å². The molecule has 1 aliphatic rings. The first-order valence-corrected chi connectivity index (χ1v) is 7.02. The summed E-state index contributed by atoms with van der Waals surface area (Å²) in [6, 6.07) is 4.70. The average molecular weight is 299 g/mol. The van der Waals surface area contributed by atoms with E-state index >= 15 is 0 Å². The van der Waals surface area contributed by atoms with Crippen LogP contribution >= 0.6 is 15.9 Å². The van der Waals surface area contributed by atoms with Crippen molar-refractivity contribution in [2.45, 2.75) is 38.6 Å². The van der Waals surface area contributed by atoms with Crippen molar-refractivity contribution in [3.63, 3.8) is 0 Å². The summed E-state index contributed by atoms with van der Waals surface area (Å²) in [5, 5.41) is 8.92. The number of hydrogen-bond donors (Lipinski definition) is 1. The number of aromatic nitrogens is 1. The molecule has 1 unspecified atom stereocenters. The molecule has 3 nitrogen and oxygen atoms in total. The van der Waals surface area contributed by atoms with Gasteiger partial charge in [0, 0.05) is 23.7 Å². The van der Waals surface area contributed by atoms with Crippen LogP contribution in [0.4, 0.5) is 5.82 Å². The fourth-order valence-corrected chi connectivity index (χ4v) is 2.68. The van der Waals surface area contributed by atoms with Gasteiger partial charge in [0.05, 0.1) is 5.69 Å². The van der Waals surface area contributed by atoms with E-state index in [-0.39, 0.29) is 6.61 Å². The van der Waals surface area contributed by atoms with Crippen molar-refractivity contribution in [3.8, 4) is 0 Å². The van der Waals surface area contributed by atoms with E-state index in [0.717, 1.165) is 35.4 Å². The summed E-state index contributed by atoms with van der Waals surface area (Å²) in [5.74, 6) is 1.08. The second-order valence-electron chi connectivity index (χ2n) is 4.59. The summed E-state index contributed by atoms with van der Waals surface area (Å²) in [5.41, 5.74) is 1.04. The number of pyridine rings is 1. The molecular weight excluding hydrogens is 280 g/mol. The van der Waals surface area contributed by atoms with Crippen LogP contribution in [-0.2, 0) is 0 Å². The van der Waals surface area contributed by atoms with E-state index in [9.17, 15) is 0 Å². The standard InChI is InChI=1S/C13H19BrN2O/c1-10-12(14)6-7-13(15-10)16-8-2-4-11(16)5-3-9-17/h6-7,11,17H,2-5,8-9H2,1H3. The van der Waals surface area contributed by atoms with Crippen LogP contribution in [0.3, 0.4) is 0 Å². The number of halogens is 1. The first-order chi connectivity index (χ1) is 8.22. The molecule has 0 saturated carbocycles. The molecule has 1 saturated heterocycles. The molecule has 4 heteroatoms. The normalized spacial score (nSPS) is 19.9. The molecule has 1 atom stereocenters. The Labute approximate surface area is 111 Å². The fourth-order valence-electron chi connectivity index (χ4n) is 2.46. The van der Waals surface area contributed by atoms with Gasteiger partial charge in [-0.2, -0.15) is 0 Å². The molecular formula is C13H19BrN2O. The highest BCUT2D eigenvalue weighted by atomic mass is 79.9. The van der Waals surface area contributed by atoms with Gasteiger partial charge in [-0.3, -0.25) is 0 Å². The smallest absolute Gasteiger partial charge is 0.129 e.